The van der Waals surface area contributed by atoms with Gasteiger partial charge in [-0.15, -0.1) is 10.2 Å². The third-order valence-corrected chi connectivity index (χ3v) is 3.87. The van der Waals surface area contributed by atoms with Crippen molar-refractivity contribution >= 4 is 11.6 Å². The normalized spacial score (nSPS) is 10.5. The highest BCUT2D eigenvalue weighted by atomic mass is 16.1. The van der Waals surface area contributed by atoms with Crippen molar-refractivity contribution in [2.45, 2.75) is 0 Å². The van der Waals surface area contributed by atoms with Crippen LogP contribution in [0.3, 0.4) is 0 Å². The number of para-hydroxylation sites is 1. The topological polar surface area (TPSA) is 96.5 Å². The summed E-state index contributed by atoms with van der Waals surface area (Å²) in [6.07, 6.45) is 3.28. The van der Waals surface area contributed by atoms with Gasteiger partial charge in [-0.1, -0.05) is 42.5 Å². The van der Waals surface area contributed by atoms with Crippen LogP contribution in [0, 0.1) is 0 Å². The molecular weight excluding hydrogens is 328 g/mol. The van der Waals surface area contributed by atoms with E-state index in [-0.39, 0.29) is 5.91 Å². The molecule has 4 rings (SSSR count). The molecule has 0 radical (unpaired) electrons. The summed E-state index contributed by atoms with van der Waals surface area (Å²) in [5.74, 6) is 0.156. The van der Waals surface area contributed by atoms with Gasteiger partial charge >= 0.3 is 0 Å². The van der Waals surface area contributed by atoms with Crippen molar-refractivity contribution in [3.63, 3.8) is 0 Å². The average Bonchev–Trinajstić information content (AvgIpc) is 3.24. The molecule has 0 spiro atoms. The first-order valence-electron chi connectivity index (χ1n) is 7.96. The van der Waals surface area contributed by atoms with E-state index in [0.717, 1.165) is 11.1 Å². The lowest BCUT2D eigenvalue weighted by Gasteiger charge is -2.09. The molecule has 0 atom stereocenters. The van der Waals surface area contributed by atoms with Crippen molar-refractivity contribution < 1.29 is 4.79 Å². The predicted molar refractivity (Wildman–Crippen MR) is 97.2 cm³/mol. The number of pyridine rings is 1. The van der Waals surface area contributed by atoms with E-state index in [1.54, 1.807) is 18.5 Å². The molecule has 1 amide bonds. The number of aromatic amines is 1. The molecule has 7 heteroatoms. The zero-order valence-electron chi connectivity index (χ0n) is 13.6. The molecule has 2 N–H and O–H groups in total. The van der Waals surface area contributed by atoms with E-state index >= 15 is 0 Å². The third-order valence-electron chi connectivity index (χ3n) is 3.87. The second kappa shape index (κ2) is 6.94. The van der Waals surface area contributed by atoms with Gasteiger partial charge in [0.2, 0.25) is 5.82 Å². The Balaban J connectivity index is 1.62. The number of hydrogen-bond acceptors (Lipinski definition) is 5. The Labute approximate surface area is 149 Å². The monoisotopic (exact) mass is 342 g/mol. The quantitative estimate of drug-likeness (QED) is 0.594. The Hall–Kier alpha value is -3.87. The Morgan fingerprint density at radius 2 is 1.73 bits per heavy atom. The van der Waals surface area contributed by atoms with Crippen molar-refractivity contribution in [1.29, 1.82) is 0 Å². The fraction of sp³-hybridized carbons (Fsp3) is 0. The number of anilines is 1. The van der Waals surface area contributed by atoms with Crippen molar-refractivity contribution in [3.8, 4) is 22.5 Å². The molecule has 0 unspecified atom stereocenters. The van der Waals surface area contributed by atoms with Gasteiger partial charge in [0.15, 0.2) is 0 Å². The largest absolute Gasteiger partial charge is 0.321 e. The fourth-order valence-electron chi connectivity index (χ4n) is 2.61. The minimum Gasteiger partial charge on any atom is -0.321 e. The second-order valence-electron chi connectivity index (χ2n) is 5.56. The predicted octanol–water partition coefficient (Wildman–Crippen LogP) is 3.18. The van der Waals surface area contributed by atoms with Gasteiger partial charge in [-0.3, -0.25) is 9.78 Å². The maximum atomic E-state index is 12.7. The number of carbonyl (C=O) groups is 1. The number of hydrogen-bond donors (Lipinski definition) is 2. The van der Waals surface area contributed by atoms with Gasteiger partial charge in [0.25, 0.3) is 5.91 Å². The van der Waals surface area contributed by atoms with Gasteiger partial charge in [0.1, 0.15) is 0 Å². The number of aromatic nitrogens is 5. The van der Waals surface area contributed by atoms with Crippen molar-refractivity contribution in [2.24, 2.45) is 0 Å². The van der Waals surface area contributed by atoms with Gasteiger partial charge in [-0.05, 0) is 29.0 Å². The fourth-order valence-corrected chi connectivity index (χ4v) is 2.61. The van der Waals surface area contributed by atoms with E-state index in [1.165, 1.54) is 0 Å². The number of amides is 1. The SMILES string of the molecule is O=C(Nc1ccccc1-c1nn[nH]n1)c1cncc(-c2ccccc2)c1. The summed E-state index contributed by atoms with van der Waals surface area (Å²) < 4.78 is 0. The van der Waals surface area contributed by atoms with Crippen LogP contribution in [-0.2, 0) is 0 Å². The molecule has 0 bridgehead atoms. The minimum absolute atomic E-state index is 0.258. The van der Waals surface area contributed by atoms with Crippen molar-refractivity contribution in [1.82, 2.24) is 25.6 Å². The molecule has 2 aromatic carbocycles. The zero-order valence-corrected chi connectivity index (χ0v) is 13.6. The van der Waals surface area contributed by atoms with Crippen LogP contribution in [-0.4, -0.2) is 31.5 Å². The molecule has 2 aromatic heterocycles. The first-order chi connectivity index (χ1) is 12.8. The standard InChI is InChI=1S/C19H14N6O/c26-19(15-10-14(11-20-12-15)13-6-2-1-3-7-13)21-17-9-5-4-8-16(17)18-22-24-25-23-18/h1-12H,(H,21,26)(H,22,23,24,25). The molecule has 26 heavy (non-hydrogen) atoms. The molecule has 0 aliphatic rings. The van der Waals surface area contributed by atoms with Crippen molar-refractivity contribution in [3.05, 3.63) is 78.6 Å². The highest BCUT2D eigenvalue weighted by molar-refractivity contribution is 6.06. The highest BCUT2D eigenvalue weighted by Crippen LogP contribution is 2.25. The van der Waals surface area contributed by atoms with E-state index in [0.29, 0.717) is 22.6 Å². The van der Waals surface area contributed by atoms with Crippen LogP contribution >= 0.6 is 0 Å². The Morgan fingerprint density at radius 1 is 0.923 bits per heavy atom. The maximum Gasteiger partial charge on any atom is 0.257 e. The Kier molecular flexibility index (Phi) is 4.17. The number of carbonyl (C=O) groups excluding carboxylic acids is 1. The summed E-state index contributed by atoms with van der Waals surface area (Å²) >= 11 is 0. The van der Waals surface area contributed by atoms with Gasteiger partial charge in [0, 0.05) is 23.5 Å². The summed E-state index contributed by atoms with van der Waals surface area (Å²) in [6.45, 7) is 0. The molecule has 0 aliphatic carbocycles. The van der Waals surface area contributed by atoms with Gasteiger partial charge < -0.3 is 5.32 Å². The van der Waals surface area contributed by atoms with E-state index in [9.17, 15) is 4.79 Å². The van der Waals surface area contributed by atoms with Gasteiger partial charge in [-0.25, -0.2) is 0 Å². The van der Waals surface area contributed by atoms with Crippen LogP contribution in [0.25, 0.3) is 22.5 Å². The second-order valence-corrected chi connectivity index (χ2v) is 5.56. The number of H-pyrrole nitrogens is 1. The van der Waals surface area contributed by atoms with E-state index < -0.39 is 0 Å². The van der Waals surface area contributed by atoms with Gasteiger partial charge in [-0.2, -0.15) is 5.21 Å². The number of rotatable bonds is 4. The van der Waals surface area contributed by atoms with Crippen LogP contribution < -0.4 is 5.32 Å². The highest BCUT2D eigenvalue weighted by Gasteiger charge is 2.13. The number of nitrogens with zero attached hydrogens (tertiary/aromatic N) is 4. The summed E-state index contributed by atoms with van der Waals surface area (Å²) in [6, 6.07) is 18.9. The number of nitrogens with one attached hydrogen (secondary N) is 2. The summed E-state index contributed by atoms with van der Waals surface area (Å²) in [5.41, 5.74) is 3.63. The molecule has 4 aromatic rings. The summed E-state index contributed by atoms with van der Waals surface area (Å²) in [4.78, 5) is 16.9. The molecule has 0 fully saturated rings. The van der Waals surface area contributed by atoms with Crippen LogP contribution in [0.15, 0.2) is 73.1 Å². The van der Waals surface area contributed by atoms with Crippen molar-refractivity contribution in [2.75, 3.05) is 5.32 Å². The number of tetrazole rings is 1. The smallest absolute Gasteiger partial charge is 0.257 e. The first kappa shape index (κ1) is 15.6. The lowest BCUT2D eigenvalue weighted by Crippen LogP contribution is -2.13. The molecular formula is C19H14N6O. The van der Waals surface area contributed by atoms with Crippen LogP contribution in [0.4, 0.5) is 5.69 Å². The minimum atomic E-state index is -0.258. The lowest BCUT2D eigenvalue weighted by atomic mass is 10.1. The molecule has 0 saturated heterocycles. The summed E-state index contributed by atoms with van der Waals surface area (Å²) in [5, 5.41) is 16.8. The average molecular weight is 342 g/mol. The molecule has 0 aliphatic heterocycles. The van der Waals surface area contributed by atoms with E-state index in [2.05, 4.69) is 30.9 Å². The maximum absolute atomic E-state index is 12.7. The third kappa shape index (κ3) is 3.18. The van der Waals surface area contributed by atoms with Gasteiger partial charge in [0.05, 0.1) is 11.3 Å². The Bertz CT molecular complexity index is 1030. The molecule has 7 nitrogen and oxygen atoms in total. The van der Waals surface area contributed by atoms with E-state index in [1.807, 2.05) is 54.6 Å². The Morgan fingerprint density at radius 3 is 2.54 bits per heavy atom. The van der Waals surface area contributed by atoms with Crippen LogP contribution in [0.2, 0.25) is 0 Å². The zero-order chi connectivity index (χ0) is 17.8. The summed E-state index contributed by atoms with van der Waals surface area (Å²) in [7, 11) is 0. The molecule has 0 saturated carbocycles. The van der Waals surface area contributed by atoms with E-state index in [4.69, 9.17) is 0 Å². The lowest BCUT2D eigenvalue weighted by molar-refractivity contribution is 0.102. The van der Waals surface area contributed by atoms with Crippen LogP contribution in [0.1, 0.15) is 10.4 Å². The molecule has 126 valence electrons. The first-order valence-corrected chi connectivity index (χ1v) is 7.96. The number of benzene rings is 2. The van der Waals surface area contributed by atoms with Crippen LogP contribution in [0.5, 0.6) is 0 Å². The molecule has 2 heterocycles.